The summed E-state index contributed by atoms with van der Waals surface area (Å²) in [4.78, 5) is 10.3. The number of rotatable bonds is 1. The van der Waals surface area contributed by atoms with Crippen LogP contribution < -0.4 is 0 Å². The molecule has 0 heterocycles. The molecule has 0 aromatic carbocycles. The first-order valence-corrected chi connectivity index (χ1v) is 3.64. The Balaban J connectivity index is 2.00. The van der Waals surface area contributed by atoms with Gasteiger partial charge >= 0.3 is 5.97 Å². The molecular formula is C7H8F2O2. The lowest BCUT2D eigenvalue weighted by atomic mass is 10.0. The van der Waals surface area contributed by atoms with Gasteiger partial charge in [-0.1, -0.05) is 0 Å². The molecule has 1 unspecified atom stereocenters. The van der Waals surface area contributed by atoms with Crippen molar-refractivity contribution < 1.29 is 18.7 Å². The quantitative estimate of drug-likeness (QED) is 0.632. The van der Waals surface area contributed by atoms with E-state index in [2.05, 4.69) is 0 Å². The number of alkyl halides is 2. The van der Waals surface area contributed by atoms with Crippen LogP contribution in [-0.2, 0) is 4.79 Å². The maximum Gasteiger partial charge on any atom is 0.306 e. The lowest BCUT2D eigenvalue weighted by molar-refractivity contribution is -0.142. The highest BCUT2D eigenvalue weighted by molar-refractivity contribution is 5.71. The summed E-state index contributed by atoms with van der Waals surface area (Å²) in [6.45, 7) is 0. The van der Waals surface area contributed by atoms with Gasteiger partial charge in [-0.05, 0) is 12.8 Å². The predicted molar refractivity (Wildman–Crippen MR) is 32.3 cm³/mol. The van der Waals surface area contributed by atoms with E-state index in [4.69, 9.17) is 5.11 Å². The fourth-order valence-corrected chi connectivity index (χ4v) is 2.01. The molecule has 2 aliphatic carbocycles. The Bertz CT molecular complexity index is 200. The Hall–Kier alpha value is -0.670. The van der Waals surface area contributed by atoms with Gasteiger partial charge in [0, 0.05) is 11.8 Å². The van der Waals surface area contributed by atoms with Gasteiger partial charge in [0.2, 0.25) is 0 Å². The number of halogens is 2. The van der Waals surface area contributed by atoms with E-state index in [1.165, 1.54) is 0 Å². The van der Waals surface area contributed by atoms with E-state index >= 15 is 0 Å². The molecule has 2 fully saturated rings. The second-order valence-electron chi connectivity index (χ2n) is 3.39. The minimum atomic E-state index is -2.54. The van der Waals surface area contributed by atoms with Gasteiger partial charge in [-0.15, -0.1) is 0 Å². The first-order chi connectivity index (χ1) is 5.03. The molecule has 4 heteroatoms. The number of hydrogen-bond donors (Lipinski definition) is 1. The zero-order chi connectivity index (χ0) is 8.22. The van der Waals surface area contributed by atoms with Crippen molar-refractivity contribution in [3.63, 3.8) is 0 Å². The minimum absolute atomic E-state index is 0.174. The third-order valence-corrected chi connectivity index (χ3v) is 2.79. The van der Waals surface area contributed by atoms with Gasteiger partial charge in [0.1, 0.15) is 0 Å². The van der Waals surface area contributed by atoms with Crippen molar-refractivity contribution in [2.75, 3.05) is 0 Å². The molecule has 2 rings (SSSR count). The van der Waals surface area contributed by atoms with Gasteiger partial charge in [-0.3, -0.25) is 4.79 Å². The SMILES string of the molecule is O=C(O)C1C[C@@H]2[C@H](C1)C2(F)F. The standard InChI is InChI=1S/C7H8F2O2/c8-7(9)4-1-3(6(10)11)2-5(4)7/h3-5H,1-2H2,(H,10,11)/t3?,4-,5+. The average Bonchev–Trinajstić information content (AvgIpc) is 2.28. The van der Waals surface area contributed by atoms with E-state index in [-0.39, 0.29) is 12.8 Å². The molecule has 0 aromatic heterocycles. The number of hydrogen-bond acceptors (Lipinski definition) is 1. The lowest BCUT2D eigenvalue weighted by Gasteiger charge is -2.07. The first-order valence-electron chi connectivity index (χ1n) is 3.64. The molecule has 0 aliphatic heterocycles. The molecule has 1 N–H and O–H groups in total. The van der Waals surface area contributed by atoms with E-state index in [0.717, 1.165) is 0 Å². The number of carboxylic acid groups (broad SMARTS) is 1. The van der Waals surface area contributed by atoms with Crippen LogP contribution >= 0.6 is 0 Å². The summed E-state index contributed by atoms with van der Waals surface area (Å²) >= 11 is 0. The molecule has 0 spiro atoms. The molecule has 0 aromatic rings. The van der Waals surface area contributed by atoms with Crippen molar-refractivity contribution in [3.8, 4) is 0 Å². The van der Waals surface area contributed by atoms with Crippen molar-refractivity contribution >= 4 is 5.97 Å². The van der Waals surface area contributed by atoms with Crippen molar-refractivity contribution in [2.24, 2.45) is 17.8 Å². The van der Waals surface area contributed by atoms with E-state index < -0.39 is 29.6 Å². The van der Waals surface area contributed by atoms with Crippen molar-refractivity contribution in [1.82, 2.24) is 0 Å². The summed E-state index contributed by atoms with van der Waals surface area (Å²) in [7, 11) is 0. The fourth-order valence-electron chi connectivity index (χ4n) is 2.01. The molecule has 11 heavy (non-hydrogen) atoms. The van der Waals surface area contributed by atoms with Gasteiger partial charge in [-0.2, -0.15) is 0 Å². The van der Waals surface area contributed by atoms with Crippen LogP contribution in [0.15, 0.2) is 0 Å². The highest BCUT2D eigenvalue weighted by Crippen LogP contribution is 2.65. The van der Waals surface area contributed by atoms with Crippen LogP contribution in [0.25, 0.3) is 0 Å². The third kappa shape index (κ3) is 0.781. The monoisotopic (exact) mass is 162 g/mol. The third-order valence-electron chi connectivity index (χ3n) is 2.79. The van der Waals surface area contributed by atoms with Crippen LogP contribution in [0.4, 0.5) is 8.78 Å². The molecule has 2 saturated carbocycles. The Morgan fingerprint density at radius 2 is 1.82 bits per heavy atom. The van der Waals surface area contributed by atoms with Crippen LogP contribution in [0, 0.1) is 17.8 Å². The molecule has 2 aliphatic rings. The minimum Gasteiger partial charge on any atom is -0.481 e. The molecular weight excluding hydrogens is 154 g/mol. The molecule has 0 radical (unpaired) electrons. The van der Waals surface area contributed by atoms with Gasteiger partial charge in [0.05, 0.1) is 5.92 Å². The summed E-state index contributed by atoms with van der Waals surface area (Å²) in [5.41, 5.74) is 0. The normalized spacial score (nSPS) is 45.1. The van der Waals surface area contributed by atoms with Gasteiger partial charge in [-0.25, -0.2) is 8.78 Å². The smallest absolute Gasteiger partial charge is 0.306 e. The van der Waals surface area contributed by atoms with Crippen LogP contribution in [-0.4, -0.2) is 17.0 Å². The Morgan fingerprint density at radius 3 is 2.18 bits per heavy atom. The maximum absolute atomic E-state index is 12.5. The van der Waals surface area contributed by atoms with Crippen LogP contribution in [0.2, 0.25) is 0 Å². The predicted octanol–water partition coefficient (Wildman–Crippen LogP) is 1.36. The van der Waals surface area contributed by atoms with E-state index in [1.54, 1.807) is 0 Å². The summed E-state index contributed by atoms with van der Waals surface area (Å²) in [6, 6.07) is 0. The van der Waals surface area contributed by atoms with E-state index in [9.17, 15) is 13.6 Å². The van der Waals surface area contributed by atoms with Crippen molar-refractivity contribution in [1.29, 1.82) is 0 Å². The average molecular weight is 162 g/mol. The summed E-state index contributed by atoms with van der Waals surface area (Å²) < 4.78 is 25.0. The van der Waals surface area contributed by atoms with Crippen molar-refractivity contribution in [2.45, 2.75) is 18.8 Å². The summed E-state index contributed by atoms with van der Waals surface area (Å²) in [6.07, 6.45) is 0.347. The Kier molecular flexibility index (Phi) is 1.10. The summed E-state index contributed by atoms with van der Waals surface area (Å²) in [5, 5.41) is 8.48. The van der Waals surface area contributed by atoms with Gasteiger partial charge < -0.3 is 5.11 Å². The zero-order valence-electron chi connectivity index (χ0n) is 5.76. The van der Waals surface area contributed by atoms with E-state index in [0.29, 0.717) is 0 Å². The number of fused-ring (bicyclic) bond motifs is 1. The molecule has 3 atom stereocenters. The first kappa shape index (κ1) is 7.00. The van der Waals surface area contributed by atoms with Crippen LogP contribution in [0.3, 0.4) is 0 Å². The molecule has 62 valence electrons. The van der Waals surface area contributed by atoms with Crippen LogP contribution in [0.5, 0.6) is 0 Å². The maximum atomic E-state index is 12.5. The summed E-state index contributed by atoms with van der Waals surface area (Å²) in [5.74, 6) is -5.21. The molecule has 0 bridgehead atoms. The number of aliphatic carboxylic acids is 1. The topological polar surface area (TPSA) is 37.3 Å². The number of carbonyl (C=O) groups is 1. The van der Waals surface area contributed by atoms with Gasteiger partial charge in [0.15, 0.2) is 0 Å². The number of carboxylic acids is 1. The highest BCUT2D eigenvalue weighted by Gasteiger charge is 2.72. The molecule has 0 saturated heterocycles. The van der Waals surface area contributed by atoms with Crippen LogP contribution in [0.1, 0.15) is 12.8 Å². The molecule has 0 amide bonds. The Morgan fingerprint density at radius 1 is 1.36 bits per heavy atom. The van der Waals surface area contributed by atoms with E-state index in [1.807, 2.05) is 0 Å². The van der Waals surface area contributed by atoms with Gasteiger partial charge in [0.25, 0.3) is 5.92 Å². The molecule has 2 nitrogen and oxygen atoms in total. The highest BCUT2D eigenvalue weighted by atomic mass is 19.3. The lowest BCUT2D eigenvalue weighted by Crippen LogP contribution is -2.15. The van der Waals surface area contributed by atoms with Crippen molar-refractivity contribution in [3.05, 3.63) is 0 Å². The second-order valence-corrected chi connectivity index (χ2v) is 3.39. The second kappa shape index (κ2) is 1.73. The largest absolute Gasteiger partial charge is 0.481 e. The zero-order valence-corrected chi connectivity index (χ0v) is 5.76. The fraction of sp³-hybridized carbons (Fsp3) is 0.857. The Labute approximate surface area is 62.2 Å².